The molecule has 0 N–H and O–H groups in total. The van der Waals surface area contributed by atoms with E-state index < -0.39 is 88.7 Å². The summed E-state index contributed by atoms with van der Waals surface area (Å²) in [6, 6.07) is 16.5. The Labute approximate surface area is 673 Å². The first-order valence-electron chi connectivity index (χ1n) is 40.3. The zero-order valence-corrected chi connectivity index (χ0v) is 71.3. The predicted molar refractivity (Wildman–Crippen MR) is 429 cm³/mol. The number of hydrogen-bond donors (Lipinski definition) is 0. The first-order valence-corrected chi connectivity index (χ1v) is 40.3. The molecule has 5 aromatic carbocycles. The molecule has 0 radical (unpaired) electrons. The zero-order chi connectivity index (χ0) is 85.8. The molecule has 7 unspecified atom stereocenters. The molecular weight excluding hydrogens is 1480 g/mol. The fraction of sp³-hybridized carbons (Fsp3) is 0.606. The van der Waals surface area contributed by atoms with Crippen LogP contribution < -0.4 is 0 Å². The summed E-state index contributed by atoms with van der Waals surface area (Å²) in [6.07, 6.45) is 11.9. The molecule has 0 heterocycles. The van der Waals surface area contributed by atoms with Crippen molar-refractivity contribution >= 4 is 28.9 Å². The summed E-state index contributed by atoms with van der Waals surface area (Å²) < 4.78 is 161. The number of hydrogen-bond acceptors (Lipinski definition) is 10. The zero-order valence-electron chi connectivity index (χ0n) is 71.3. The summed E-state index contributed by atoms with van der Waals surface area (Å²) in [6.45, 7) is 42.1. The van der Waals surface area contributed by atoms with Gasteiger partial charge in [0.1, 0.15) is 88.7 Å². The van der Waals surface area contributed by atoms with E-state index in [4.69, 9.17) is 23.7 Å². The summed E-state index contributed by atoms with van der Waals surface area (Å²) in [7, 11) is 0. The first kappa shape index (κ1) is 99.6. The molecule has 0 aromatic heterocycles. The van der Waals surface area contributed by atoms with Gasteiger partial charge in [0.05, 0.1) is 33.0 Å². The lowest BCUT2D eigenvalue weighted by Crippen LogP contribution is -2.31. The predicted octanol–water partition coefficient (Wildman–Crippen LogP) is 25.1. The Morgan fingerprint density at radius 3 is 0.772 bits per heavy atom. The van der Waals surface area contributed by atoms with Crippen molar-refractivity contribution in [3.05, 3.63) is 189 Å². The quantitative estimate of drug-likeness (QED) is 0.0285. The molecule has 7 atom stereocenters. The van der Waals surface area contributed by atoms with E-state index in [1.807, 2.05) is 125 Å². The molecule has 5 aromatic rings. The van der Waals surface area contributed by atoms with Gasteiger partial charge in [-0.05, 0) is 184 Å². The largest absolute Gasteiger partial charge is 0.366 e. The highest BCUT2D eigenvalue weighted by atomic mass is 19.2. The molecule has 0 aliphatic heterocycles. The standard InChI is InChI=1S/C20H28F2O2.2C19H26F2O2.C18H26F2O2.C18H24F2O2/c1-20(2,3)12-18(23)19(10-14-6-4-5-7-14)24-13-15-8-16(21)11-17(22)9-15;1-12-5-14(12)8-18(17(22)10-19(2,3)4)23-11-13-6-15(20)9-16(21)7-13;1-19(2,3)11-17(22)18(9-13-5-4-6-13)23-12-14-7-15(20)10-16(21)8-14;2*1-12(2)6-17(16(21)10-18(3,4)5)22-11-13-7-14(19)9-15(20)8-13/h8-9,11,14,19H,4-7,10,12-13H2,1-3H3;6-7,9,12,14,18H,5,8,10-11H2,1-4H3;7-8,10,13,18H,4-6,9,11-12H2,1-3H3;7-9,12,17H,6,10-11H2,1-5H3;7-9,17H,1,6,10-11H2,2-5H3. The summed E-state index contributed by atoms with van der Waals surface area (Å²) in [4.78, 5) is 62.4. The van der Waals surface area contributed by atoms with Crippen LogP contribution >= 0.6 is 0 Å². The average Bonchev–Trinajstić information content (AvgIpc) is 1.61. The Kier molecular flexibility index (Phi) is 40.6. The molecular formula is C94H130F10O10. The second-order valence-corrected chi connectivity index (χ2v) is 38.3. The lowest BCUT2D eigenvalue weighted by atomic mass is 9.79. The number of ketones is 5. The van der Waals surface area contributed by atoms with Crippen LogP contribution in [0, 0.1) is 115 Å². The van der Waals surface area contributed by atoms with Crippen molar-refractivity contribution < 1.29 is 91.6 Å². The van der Waals surface area contributed by atoms with Gasteiger partial charge in [-0.1, -0.05) is 175 Å². The summed E-state index contributed by atoms with van der Waals surface area (Å²) in [5.74, 6) is -3.56. The number of Topliss-reactive ketones (excluding diaryl/α,β-unsaturated/α-hetero) is 5. The van der Waals surface area contributed by atoms with Crippen LogP contribution in [0.25, 0.3) is 0 Å². The van der Waals surface area contributed by atoms with Gasteiger partial charge in [0.2, 0.25) is 0 Å². The minimum Gasteiger partial charge on any atom is -0.366 e. The monoisotopic (exact) mass is 1610 g/mol. The summed E-state index contributed by atoms with van der Waals surface area (Å²) in [5, 5.41) is 0. The van der Waals surface area contributed by atoms with Crippen molar-refractivity contribution in [2.75, 3.05) is 0 Å². The minimum absolute atomic E-state index is 0.0114. The Balaban J connectivity index is 0.000000300. The molecule has 10 nitrogen and oxygen atoms in total. The lowest BCUT2D eigenvalue weighted by molar-refractivity contribution is -0.135. The van der Waals surface area contributed by atoms with Crippen LogP contribution in [0.3, 0.4) is 0 Å². The van der Waals surface area contributed by atoms with E-state index in [-0.39, 0.29) is 89.0 Å². The molecule has 3 aliphatic carbocycles. The maximum Gasteiger partial charge on any atom is 0.162 e. The van der Waals surface area contributed by atoms with Gasteiger partial charge in [-0.15, -0.1) is 6.58 Å². The van der Waals surface area contributed by atoms with Gasteiger partial charge in [-0.25, -0.2) is 43.9 Å². The third kappa shape index (κ3) is 43.5. The highest BCUT2D eigenvalue weighted by Crippen LogP contribution is 2.43. The number of ether oxygens (including phenoxy) is 5. The maximum absolute atomic E-state index is 13.3. The molecule has 636 valence electrons. The van der Waals surface area contributed by atoms with Crippen molar-refractivity contribution in [3.8, 4) is 0 Å². The van der Waals surface area contributed by atoms with Crippen LogP contribution in [0.5, 0.6) is 0 Å². The minimum atomic E-state index is -0.656. The van der Waals surface area contributed by atoms with E-state index in [1.54, 1.807) is 0 Å². The van der Waals surface area contributed by atoms with Crippen molar-refractivity contribution in [2.24, 2.45) is 56.7 Å². The van der Waals surface area contributed by atoms with Crippen LogP contribution in [-0.4, -0.2) is 59.4 Å². The third-order valence-corrected chi connectivity index (χ3v) is 19.0. The van der Waals surface area contributed by atoms with Crippen LogP contribution in [0.1, 0.15) is 275 Å². The van der Waals surface area contributed by atoms with Crippen LogP contribution in [0.2, 0.25) is 0 Å². The number of halogens is 10. The lowest BCUT2D eigenvalue weighted by Gasteiger charge is -2.30. The number of rotatable bonds is 35. The molecule has 0 bridgehead atoms. The van der Waals surface area contributed by atoms with E-state index in [2.05, 4.69) is 13.5 Å². The van der Waals surface area contributed by atoms with Crippen molar-refractivity contribution in [1.29, 1.82) is 0 Å². The first-order chi connectivity index (χ1) is 52.7. The van der Waals surface area contributed by atoms with Gasteiger partial charge < -0.3 is 23.7 Å². The normalized spacial score (nSPS) is 16.6. The van der Waals surface area contributed by atoms with Crippen molar-refractivity contribution in [1.82, 2.24) is 0 Å². The Morgan fingerprint density at radius 1 is 0.351 bits per heavy atom. The molecule has 0 spiro atoms. The number of benzene rings is 5. The number of carbonyl (C=O) groups excluding carboxylic acids is 5. The highest BCUT2D eigenvalue weighted by molar-refractivity contribution is 5.85. The molecule has 0 amide bonds. The molecule has 114 heavy (non-hydrogen) atoms. The van der Waals surface area contributed by atoms with Gasteiger partial charge in [-0.3, -0.25) is 24.0 Å². The van der Waals surface area contributed by atoms with Gasteiger partial charge in [-0.2, -0.15) is 0 Å². The Hall–Kier alpha value is -6.71. The molecule has 3 aliphatic rings. The highest BCUT2D eigenvalue weighted by Gasteiger charge is 2.38. The fourth-order valence-corrected chi connectivity index (χ4v) is 13.4. The van der Waals surface area contributed by atoms with Gasteiger partial charge >= 0.3 is 0 Å². The summed E-state index contributed by atoms with van der Waals surface area (Å²) in [5.41, 5.74) is 2.32. The SMILES string of the molecule is C=C(C)CC(OCc1cc(F)cc(F)c1)C(=O)CC(C)(C)C.CC(C)(C)CC(=O)C(CC1CCC1)OCc1cc(F)cc(F)c1.CC(C)(C)CC(=O)C(CC1CCCC1)OCc1cc(F)cc(F)c1.CC(C)CC(OCc1cc(F)cc(F)c1)C(=O)CC(C)(C)C.CC1CC1CC(OCc1cc(F)cc(F)c1)C(=O)CC(C)(C)C. The van der Waals surface area contributed by atoms with E-state index >= 15 is 0 Å². The second kappa shape index (κ2) is 46.4. The molecule has 3 fully saturated rings. The van der Waals surface area contributed by atoms with Crippen LogP contribution in [-0.2, 0) is 80.7 Å². The average molecular weight is 1610 g/mol. The van der Waals surface area contributed by atoms with Gasteiger partial charge in [0.15, 0.2) is 28.9 Å². The van der Waals surface area contributed by atoms with Gasteiger partial charge in [0.25, 0.3) is 0 Å². The van der Waals surface area contributed by atoms with Crippen molar-refractivity contribution in [3.63, 3.8) is 0 Å². The van der Waals surface area contributed by atoms with Crippen LogP contribution in [0.4, 0.5) is 43.9 Å². The van der Waals surface area contributed by atoms with E-state index in [0.717, 1.165) is 68.0 Å². The molecule has 20 heteroatoms. The van der Waals surface area contributed by atoms with Gasteiger partial charge in [0, 0.05) is 68.9 Å². The summed E-state index contributed by atoms with van der Waals surface area (Å²) >= 11 is 0. The molecule has 0 saturated heterocycles. The van der Waals surface area contributed by atoms with E-state index in [9.17, 15) is 67.9 Å². The van der Waals surface area contributed by atoms with E-state index in [0.29, 0.717) is 122 Å². The van der Waals surface area contributed by atoms with Crippen LogP contribution in [0.15, 0.2) is 103 Å². The molecule has 8 rings (SSSR count). The topological polar surface area (TPSA) is 132 Å². The fourth-order valence-electron chi connectivity index (χ4n) is 13.4. The van der Waals surface area contributed by atoms with Crippen molar-refractivity contribution in [2.45, 2.75) is 311 Å². The maximum atomic E-state index is 13.3. The second-order valence-electron chi connectivity index (χ2n) is 38.3. The molecule has 3 saturated carbocycles. The number of carbonyl (C=O) groups is 5. The Bertz CT molecular complexity index is 3670. The Morgan fingerprint density at radius 2 is 0.561 bits per heavy atom. The third-order valence-electron chi connectivity index (χ3n) is 19.0. The smallest absolute Gasteiger partial charge is 0.162 e. The van der Waals surface area contributed by atoms with E-state index in [1.165, 1.54) is 79.9 Å².